The Hall–Kier alpha value is -1.62. The first kappa shape index (κ1) is 13.4. The molecule has 0 aliphatic carbocycles. The van der Waals surface area contributed by atoms with E-state index in [-0.39, 0.29) is 0 Å². The average molecular weight is 288 g/mol. The zero-order valence-electron chi connectivity index (χ0n) is 11.4. The molecule has 0 fully saturated rings. The van der Waals surface area contributed by atoms with Crippen molar-refractivity contribution in [1.82, 2.24) is 20.6 Å². The summed E-state index contributed by atoms with van der Waals surface area (Å²) in [5, 5.41) is 9.13. The summed E-state index contributed by atoms with van der Waals surface area (Å²) >= 11 is 6.30. The van der Waals surface area contributed by atoms with Gasteiger partial charge in [0.2, 0.25) is 0 Å². The quantitative estimate of drug-likeness (QED) is 0.692. The highest BCUT2D eigenvalue weighted by Crippen LogP contribution is 2.30. The number of nitrogens with zero attached hydrogens (tertiary/aromatic N) is 1. The number of pyridine rings is 1. The SMILES string of the molecule is CN[C](Cc1ccc2[nH]c3nccc(Cl)c3c2c1)NC. The number of H-pyrrole nitrogens is 1. The lowest BCUT2D eigenvalue weighted by molar-refractivity contribution is 0.644. The predicted octanol–water partition coefficient (Wildman–Crippen LogP) is 2.84. The Balaban J connectivity index is 2.12. The topological polar surface area (TPSA) is 52.7 Å². The zero-order valence-corrected chi connectivity index (χ0v) is 12.2. The highest BCUT2D eigenvalue weighted by atomic mass is 35.5. The molecule has 2 heterocycles. The first-order chi connectivity index (χ1) is 9.72. The molecule has 1 radical (unpaired) electrons. The molecule has 3 rings (SSSR count). The molecule has 0 atom stereocenters. The fourth-order valence-corrected chi connectivity index (χ4v) is 2.69. The first-order valence-corrected chi connectivity index (χ1v) is 6.87. The van der Waals surface area contributed by atoms with E-state index in [1.165, 1.54) is 5.56 Å². The Morgan fingerprint density at radius 1 is 1.25 bits per heavy atom. The predicted molar refractivity (Wildman–Crippen MR) is 83.7 cm³/mol. The van der Waals surface area contributed by atoms with Crippen LogP contribution < -0.4 is 10.6 Å². The van der Waals surface area contributed by atoms with Crippen LogP contribution in [0.2, 0.25) is 5.02 Å². The van der Waals surface area contributed by atoms with Crippen LogP contribution in [0.5, 0.6) is 0 Å². The minimum atomic E-state index is 0.727. The molecule has 4 nitrogen and oxygen atoms in total. The van der Waals surface area contributed by atoms with Crippen molar-refractivity contribution < 1.29 is 0 Å². The van der Waals surface area contributed by atoms with Gasteiger partial charge in [0.15, 0.2) is 0 Å². The molecular formula is C15H16ClN4. The monoisotopic (exact) mass is 287 g/mol. The number of halogens is 1. The molecule has 2 aromatic heterocycles. The van der Waals surface area contributed by atoms with E-state index in [4.69, 9.17) is 11.6 Å². The summed E-state index contributed by atoms with van der Waals surface area (Å²) in [6, 6.07) is 8.17. The van der Waals surface area contributed by atoms with Crippen LogP contribution in [0, 0.1) is 6.17 Å². The highest BCUT2D eigenvalue weighted by molar-refractivity contribution is 6.37. The van der Waals surface area contributed by atoms with Crippen molar-refractivity contribution in [3.8, 4) is 0 Å². The lowest BCUT2D eigenvalue weighted by atomic mass is 10.1. The second-order valence-electron chi connectivity index (χ2n) is 4.68. The summed E-state index contributed by atoms with van der Waals surface area (Å²) in [5.74, 6) is 0. The highest BCUT2D eigenvalue weighted by Gasteiger charge is 2.11. The van der Waals surface area contributed by atoms with Gasteiger partial charge in [-0.1, -0.05) is 17.7 Å². The summed E-state index contributed by atoms with van der Waals surface area (Å²) in [7, 11) is 3.83. The number of fused-ring (bicyclic) bond motifs is 3. The van der Waals surface area contributed by atoms with Crippen LogP contribution in [0.1, 0.15) is 5.56 Å². The molecule has 0 aliphatic rings. The van der Waals surface area contributed by atoms with Gasteiger partial charge < -0.3 is 4.98 Å². The molecule has 0 amide bonds. The fraction of sp³-hybridized carbons (Fsp3) is 0.200. The van der Waals surface area contributed by atoms with Crippen molar-refractivity contribution in [3.63, 3.8) is 0 Å². The molecule has 0 aliphatic heterocycles. The van der Waals surface area contributed by atoms with Gasteiger partial charge in [0.25, 0.3) is 0 Å². The van der Waals surface area contributed by atoms with Crippen molar-refractivity contribution in [2.45, 2.75) is 6.42 Å². The Morgan fingerprint density at radius 2 is 2.05 bits per heavy atom. The van der Waals surface area contributed by atoms with Gasteiger partial charge >= 0.3 is 0 Å². The van der Waals surface area contributed by atoms with Crippen molar-refractivity contribution in [2.75, 3.05) is 14.1 Å². The van der Waals surface area contributed by atoms with E-state index in [0.717, 1.165) is 39.5 Å². The minimum Gasteiger partial charge on any atom is -0.339 e. The second-order valence-corrected chi connectivity index (χ2v) is 5.08. The molecule has 5 heteroatoms. The molecule has 1 aromatic carbocycles. The standard InChI is InChI=1S/C15H16ClN4/c1-17-13(18-2)8-9-3-4-12-10(7-9)14-11(16)5-6-19-15(14)20-12/h3-7,17-18H,8H2,1-2H3,(H,19,20). The third-order valence-corrected chi connectivity index (χ3v) is 3.81. The van der Waals surface area contributed by atoms with Crippen LogP contribution in [-0.2, 0) is 6.42 Å². The maximum Gasteiger partial charge on any atom is 0.139 e. The number of rotatable bonds is 4. The van der Waals surface area contributed by atoms with Crippen LogP contribution in [-0.4, -0.2) is 24.1 Å². The van der Waals surface area contributed by atoms with Gasteiger partial charge in [-0.05, 0) is 37.9 Å². The number of benzene rings is 1. The number of aromatic amines is 1. The van der Waals surface area contributed by atoms with Gasteiger partial charge in [0.1, 0.15) is 11.8 Å². The molecule has 20 heavy (non-hydrogen) atoms. The Bertz CT molecular complexity index is 746. The smallest absolute Gasteiger partial charge is 0.139 e. The number of hydrogen-bond acceptors (Lipinski definition) is 3. The number of likely N-dealkylation sites (N-methyl/N-ethyl adjacent to an activating group) is 2. The third-order valence-electron chi connectivity index (χ3n) is 3.49. The fourth-order valence-electron chi connectivity index (χ4n) is 2.44. The maximum atomic E-state index is 6.30. The number of hydrogen-bond donors (Lipinski definition) is 3. The van der Waals surface area contributed by atoms with E-state index in [1.807, 2.05) is 20.2 Å². The van der Waals surface area contributed by atoms with Crippen molar-refractivity contribution in [1.29, 1.82) is 0 Å². The van der Waals surface area contributed by atoms with Crippen LogP contribution in [0.15, 0.2) is 30.5 Å². The molecule has 103 valence electrons. The van der Waals surface area contributed by atoms with Crippen molar-refractivity contribution in [3.05, 3.63) is 47.2 Å². The van der Waals surface area contributed by atoms with Gasteiger partial charge in [-0.15, -0.1) is 0 Å². The summed E-state index contributed by atoms with van der Waals surface area (Å²) in [6.07, 6.45) is 3.62. The maximum absolute atomic E-state index is 6.30. The first-order valence-electron chi connectivity index (χ1n) is 6.49. The normalized spacial score (nSPS) is 11.8. The van der Waals surface area contributed by atoms with Crippen LogP contribution in [0.3, 0.4) is 0 Å². The van der Waals surface area contributed by atoms with Crippen LogP contribution >= 0.6 is 11.6 Å². The van der Waals surface area contributed by atoms with Gasteiger partial charge in [0.05, 0.1) is 5.02 Å². The van der Waals surface area contributed by atoms with E-state index >= 15 is 0 Å². The molecule has 0 bridgehead atoms. The van der Waals surface area contributed by atoms with E-state index in [9.17, 15) is 0 Å². The van der Waals surface area contributed by atoms with E-state index in [0.29, 0.717) is 0 Å². The van der Waals surface area contributed by atoms with E-state index in [2.05, 4.69) is 38.8 Å². The van der Waals surface area contributed by atoms with Gasteiger partial charge in [0, 0.05) is 28.9 Å². The molecule has 0 saturated carbocycles. The molecule has 0 spiro atoms. The van der Waals surface area contributed by atoms with Crippen LogP contribution in [0.25, 0.3) is 21.9 Å². The average Bonchev–Trinajstić information content (AvgIpc) is 2.83. The second kappa shape index (κ2) is 5.40. The van der Waals surface area contributed by atoms with Crippen molar-refractivity contribution >= 4 is 33.5 Å². The lowest BCUT2D eigenvalue weighted by Crippen LogP contribution is -2.30. The molecule has 0 saturated heterocycles. The van der Waals surface area contributed by atoms with Gasteiger partial charge in [-0.25, -0.2) is 4.98 Å². The summed E-state index contributed by atoms with van der Waals surface area (Å²) in [4.78, 5) is 7.63. The largest absolute Gasteiger partial charge is 0.339 e. The van der Waals surface area contributed by atoms with E-state index < -0.39 is 0 Å². The number of nitrogens with one attached hydrogen (secondary N) is 3. The third kappa shape index (κ3) is 2.26. The van der Waals surface area contributed by atoms with Crippen LogP contribution in [0.4, 0.5) is 0 Å². The zero-order chi connectivity index (χ0) is 14.1. The minimum absolute atomic E-state index is 0.727. The molecule has 3 aromatic rings. The number of aromatic nitrogens is 2. The summed E-state index contributed by atoms with van der Waals surface area (Å²) in [5.41, 5.74) is 3.10. The van der Waals surface area contributed by atoms with Gasteiger partial charge in [-0.3, -0.25) is 10.6 Å². The summed E-state index contributed by atoms with van der Waals surface area (Å²) < 4.78 is 0. The molecule has 0 unspecified atom stereocenters. The lowest BCUT2D eigenvalue weighted by Gasteiger charge is -2.13. The van der Waals surface area contributed by atoms with Crippen molar-refractivity contribution in [2.24, 2.45) is 0 Å². The Kier molecular flexibility index (Phi) is 3.61. The van der Waals surface area contributed by atoms with E-state index in [1.54, 1.807) is 6.20 Å². The Morgan fingerprint density at radius 3 is 2.80 bits per heavy atom. The summed E-state index contributed by atoms with van der Waals surface area (Å²) in [6.45, 7) is 0. The molecular weight excluding hydrogens is 272 g/mol. The van der Waals surface area contributed by atoms with Gasteiger partial charge in [-0.2, -0.15) is 0 Å². The Labute approximate surface area is 122 Å². The molecule has 3 N–H and O–H groups in total.